The lowest BCUT2D eigenvalue weighted by atomic mass is 10.2. The number of hydrogen-bond donors (Lipinski definition) is 0. The molecule has 28 heavy (non-hydrogen) atoms. The van der Waals surface area contributed by atoms with Gasteiger partial charge in [-0.05, 0) is 58.1 Å². The molecule has 0 bridgehead atoms. The molecule has 0 amide bonds. The molecule has 0 radical (unpaired) electrons. The first kappa shape index (κ1) is 20.2. The van der Waals surface area contributed by atoms with Crippen LogP contribution in [-0.4, -0.2) is 38.1 Å². The number of methoxy groups -OCH3 is 1. The van der Waals surface area contributed by atoms with Gasteiger partial charge in [0, 0.05) is 29.4 Å². The molecule has 0 saturated heterocycles. The molecule has 0 aromatic heterocycles. The van der Waals surface area contributed by atoms with Crippen molar-refractivity contribution < 1.29 is 23.8 Å². The first-order chi connectivity index (χ1) is 13.5. The van der Waals surface area contributed by atoms with Gasteiger partial charge in [0.15, 0.2) is 17.3 Å². The maximum Gasteiger partial charge on any atom is 0.325 e. The molecule has 2 aliphatic rings. The Kier molecular flexibility index (Phi) is 6.60. The van der Waals surface area contributed by atoms with Crippen LogP contribution in [0.2, 0.25) is 0 Å². The summed E-state index contributed by atoms with van der Waals surface area (Å²) in [7, 11) is 1.62. The molecule has 0 unspecified atom stereocenters. The summed E-state index contributed by atoms with van der Waals surface area (Å²) in [5.74, 6) is 1.14. The van der Waals surface area contributed by atoms with Gasteiger partial charge in [0.2, 0.25) is 0 Å². The van der Waals surface area contributed by atoms with E-state index in [2.05, 4.69) is 0 Å². The Morgan fingerprint density at radius 2 is 1.93 bits per heavy atom. The third kappa shape index (κ3) is 4.49. The highest BCUT2D eigenvalue weighted by Crippen LogP contribution is 2.38. The minimum atomic E-state index is -0.323. The number of carbonyl (C=O) groups excluding carboxylic acids is 2. The van der Waals surface area contributed by atoms with E-state index < -0.39 is 0 Å². The summed E-state index contributed by atoms with van der Waals surface area (Å²) in [5, 5.41) is 0. The van der Waals surface area contributed by atoms with Gasteiger partial charge < -0.3 is 19.1 Å². The van der Waals surface area contributed by atoms with Crippen molar-refractivity contribution >= 4 is 17.4 Å². The van der Waals surface area contributed by atoms with Crippen molar-refractivity contribution in [2.24, 2.45) is 0 Å². The van der Waals surface area contributed by atoms with E-state index in [0.717, 1.165) is 24.2 Å². The maximum absolute atomic E-state index is 12.2. The van der Waals surface area contributed by atoms with Crippen LogP contribution < -0.4 is 14.4 Å². The van der Waals surface area contributed by atoms with E-state index in [1.807, 2.05) is 30.0 Å². The summed E-state index contributed by atoms with van der Waals surface area (Å²) < 4.78 is 16.8. The molecule has 1 fully saturated rings. The first-order valence-electron chi connectivity index (χ1n) is 10.0. The summed E-state index contributed by atoms with van der Waals surface area (Å²) in [6.07, 6.45) is 5.72. The van der Waals surface area contributed by atoms with Gasteiger partial charge in [-0.1, -0.05) is 0 Å². The van der Waals surface area contributed by atoms with Crippen molar-refractivity contribution in [2.75, 3.05) is 25.2 Å². The second-order valence-electron chi connectivity index (χ2n) is 7.25. The predicted octanol–water partition coefficient (Wildman–Crippen LogP) is 4.02. The molecule has 0 spiro atoms. The summed E-state index contributed by atoms with van der Waals surface area (Å²) in [6.45, 7) is 3.99. The molecule has 6 nitrogen and oxygen atoms in total. The fourth-order valence-corrected chi connectivity index (χ4v) is 3.89. The Morgan fingerprint density at radius 3 is 2.54 bits per heavy atom. The second-order valence-corrected chi connectivity index (χ2v) is 7.25. The molecule has 2 aliphatic carbocycles. The van der Waals surface area contributed by atoms with Gasteiger partial charge >= 0.3 is 5.97 Å². The number of anilines is 1. The smallest absolute Gasteiger partial charge is 0.325 e. The fourth-order valence-electron chi connectivity index (χ4n) is 3.89. The number of Topliss-reactive ketones (excluding diaryl/α,β-unsaturated/α-hetero) is 1. The third-order valence-electron chi connectivity index (χ3n) is 5.41. The highest BCUT2D eigenvalue weighted by Gasteiger charge is 2.27. The highest BCUT2D eigenvalue weighted by molar-refractivity contribution is 5.99. The summed E-state index contributed by atoms with van der Waals surface area (Å²) in [6, 6.07) is 5.65. The maximum atomic E-state index is 12.2. The van der Waals surface area contributed by atoms with Gasteiger partial charge in [-0.2, -0.15) is 0 Å². The Balaban J connectivity index is 1.94. The van der Waals surface area contributed by atoms with Gasteiger partial charge in [-0.25, -0.2) is 0 Å². The first-order valence-corrected chi connectivity index (χ1v) is 10.0. The average Bonchev–Trinajstić information content (AvgIpc) is 3.31. The minimum absolute atomic E-state index is 0.0585. The van der Waals surface area contributed by atoms with Crippen molar-refractivity contribution in [1.82, 2.24) is 0 Å². The second kappa shape index (κ2) is 9.13. The van der Waals surface area contributed by atoms with Gasteiger partial charge in [-0.15, -0.1) is 0 Å². The normalized spacial score (nSPS) is 17.2. The molecule has 0 aliphatic heterocycles. The van der Waals surface area contributed by atoms with Gasteiger partial charge in [-0.3, -0.25) is 9.59 Å². The van der Waals surface area contributed by atoms with Crippen LogP contribution in [0, 0.1) is 0 Å². The van der Waals surface area contributed by atoms with Crippen LogP contribution in [0.5, 0.6) is 11.5 Å². The molecule has 152 valence electrons. The number of ether oxygens (including phenoxy) is 3. The van der Waals surface area contributed by atoms with Gasteiger partial charge in [0.25, 0.3) is 0 Å². The van der Waals surface area contributed by atoms with E-state index in [-0.39, 0.29) is 24.4 Å². The SMILES string of the molecule is CCOC(=O)CN(C1=C(C)C(=O)CC1)c1ccc(OC)c(OC2CCCC2)c1. The molecule has 0 heterocycles. The molecule has 3 rings (SSSR count). The Hall–Kier alpha value is -2.50. The lowest BCUT2D eigenvalue weighted by Crippen LogP contribution is -2.30. The van der Waals surface area contributed by atoms with Crippen molar-refractivity contribution in [3.8, 4) is 11.5 Å². The molecular weight excluding hydrogens is 358 g/mol. The summed E-state index contributed by atoms with van der Waals surface area (Å²) in [4.78, 5) is 26.2. The van der Waals surface area contributed by atoms with Crippen LogP contribution >= 0.6 is 0 Å². The van der Waals surface area contributed by atoms with Crippen LogP contribution in [0.25, 0.3) is 0 Å². The molecule has 1 aromatic carbocycles. The van der Waals surface area contributed by atoms with Crippen molar-refractivity contribution in [3.63, 3.8) is 0 Å². The Labute approximate surface area is 166 Å². The van der Waals surface area contributed by atoms with Crippen LogP contribution in [0.3, 0.4) is 0 Å². The van der Waals surface area contributed by atoms with Crippen molar-refractivity contribution in [2.45, 2.75) is 58.5 Å². The van der Waals surface area contributed by atoms with E-state index in [1.54, 1.807) is 14.0 Å². The largest absolute Gasteiger partial charge is 0.493 e. The molecule has 0 atom stereocenters. The highest BCUT2D eigenvalue weighted by atomic mass is 16.5. The lowest BCUT2D eigenvalue weighted by molar-refractivity contribution is -0.141. The van der Waals surface area contributed by atoms with E-state index in [4.69, 9.17) is 14.2 Å². The predicted molar refractivity (Wildman–Crippen MR) is 107 cm³/mol. The number of esters is 1. The molecular formula is C22H29NO5. The van der Waals surface area contributed by atoms with E-state index >= 15 is 0 Å². The zero-order valence-electron chi connectivity index (χ0n) is 17.0. The van der Waals surface area contributed by atoms with Crippen LogP contribution in [0.1, 0.15) is 52.4 Å². The Bertz CT molecular complexity index is 764. The quantitative estimate of drug-likeness (QED) is 0.628. The minimum Gasteiger partial charge on any atom is -0.493 e. The molecule has 1 saturated carbocycles. The number of ketones is 1. The summed E-state index contributed by atoms with van der Waals surface area (Å²) >= 11 is 0. The lowest BCUT2D eigenvalue weighted by Gasteiger charge is -2.27. The van der Waals surface area contributed by atoms with Crippen LogP contribution in [0.15, 0.2) is 29.5 Å². The fraction of sp³-hybridized carbons (Fsp3) is 0.545. The standard InChI is InChI=1S/C22H29NO5/c1-4-27-22(25)14-23(18-10-11-19(24)15(18)2)16-9-12-20(26-3)21(13-16)28-17-7-5-6-8-17/h9,12-13,17H,4-8,10-11,14H2,1-3H3. The third-order valence-corrected chi connectivity index (χ3v) is 5.41. The molecule has 0 N–H and O–H groups in total. The van der Waals surface area contributed by atoms with Gasteiger partial charge in [0.05, 0.1) is 19.8 Å². The molecule has 6 heteroatoms. The summed E-state index contributed by atoms with van der Waals surface area (Å²) in [5.41, 5.74) is 2.37. The molecule has 1 aromatic rings. The number of hydrogen-bond acceptors (Lipinski definition) is 6. The zero-order valence-corrected chi connectivity index (χ0v) is 17.0. The van der Waals surface area contributed by atoms with Crippen molar-refractivity contribution in [3.05, 3.63) is 29.5 Å². The van der Waals surface area contributed by atoms with E-state index in [0.29, 0.717) is 36.5 Å². The number of rotatable bonds is 8. The Morgan fingerprint density at radius 1 is 1.18 bits per heavy atom. The van der Waals surface area contributed by atoms with Gasteiger partial charge in [0.1, 0.15) is 6.54 Å². The van der Waals surface area contributed by atoms with E-state index in [1.165, 1.54) is 12.8 Å². The van der Waals surface area contributed by atoms with E-state index in [9.17, 15) is 9.59 Å². The van der Waals surface area contributed by atoms with Crippen LogP contribution in [-0.2, 0) is 14.3 Å². The number of carbonyl (C=O) groups is 2. The monoisotopic (exact) mass is 387 g/mol. The average molecular weight is 387 g/mol. The van der Waals surface area contributed by atoms with Crippen LogP contribution in [0.4, 0.5) is 5.69 Å². The topological polar surface area (TPSA) is 65.1 Å². The zero-order chi connectivity index (χ0) is 20.1. The number of nitrogens with zero attached hydrogens (tertiary/aromatic N) is 1. The van der Waals surface area contributed by atoms with Crippen molar-refractivity contribution in [1.29, 1.82) is 0 Å². The number of allylic oxidation sites excluding steroid dienone is 2. The number of benzene rings is 1.